The topological polar surface area (TPSA) is 170 Å². The molecule has 1 unspecified atom stereocenters. The number of nitrogens with zero attached hydrogens (tertiary/aromatic N) is 2. The summed E-state index contributed by atoms with van der Waals surface area (Å²) in [6, 6.07) is 12.6. The average Bonchev–Trinajstić information content (AvgIpc) is 3.75. The number of piperidine rings is 1. The Morgan fingerprint density at radius 3 is 2.58 bits per heavy atom. The lowest BCUT2D eigenvalue weighted by molar-refractivity contribution is -0.137. The summed E-state index contributed by atoms with van der Waals surface area (Å²) >= 11 is 12.0. The van der Waals surface area contributed by atoms with Gasteiger partial charge in [0.15, 0.2) is 0 Å². The minimum atomic E-state index is -1.93. The van der Waals surface area contributed by atoms with Crippen LogP contribution in [0.4, 0.5) is 14.5 Å². The number of benzene rings is 3. The molecule has 0 saturated carbocycles. The maximum Gasteiger partial charge on any atom is 0.255 e. The third kappa shape index (κ3) is 10.6. The van der Waals surface area contributed by atoms with Crippen LogP contribution in [0.1, 0.15) is 90.3 Å². The van der Waals surface area contributed by atoms with Crippen molar-refractivity contribution in [3.05, 3.63) is 129 Å². The Hall–Kier alpha value is -6.32. The van der Waals surface area contributed by atoms with Gasteiger partial charge in [-0.15, -0.1) is 0 Å². The van der Waals surface area contributed by atoms with Crippen LogP contribution in [0.25, 0.3) is 0 Å². The molecule has 3 aromatic carbocycles. The van der Waals surface area contributed by atoms with E-state index < -0.39 is 64.2 Å². The van der Waals surface area contributed by atoms with E-state index in [1.807, 2.05) is 20.8 Å². The van der Waals surface area contributed by atoms with E-state index >= 15 is 8.78 Å². The van der Waals surface area contributed by atoms with Gasteiger partial charge in [-0.25, -0.2) is 8.78 Å². The molecule has 0 bridgehead atoms. The van der Waals surface area contributed by atoms with E-state index in [1.54, 1.807) is 18.2 Å². The Labute approximate surface area is 386 Å². The number of ether oxygens (including phenoxy) is 1. The number of methoxy groups -OCH3 is 1. The number of anilines is 1. The van der Waals surface area contributed by atoms with Crippen molar-refractivity contribution in [2.24, 2.45) is 11.3 Å². The number of carbonyl (C=O) groups is 5. The van der Waals surface area contributed by atoms with Crippen molar-refractivity contribution < 1.29 is 37.5 Å². The lowest BCUT2D eigenvalue weighted by Crippen LogP contribution is -2.52. The third-order valence-electron chi connectivity index (χ3n) is 11.5. The van der Waals surface area contributed by atoms with Crippen molar-refractivity contribution in [3.8, 4) is 23.7 Å². The van der Waals surface area contributed by atoms with Crippen molar-refractivity contribution >= 4 is 58.4 Å². The van der Waals surface area contributed by atoms with Gasteiger partial charge in [0.1, 0.15) is 28.9 Å². The van der Waals surface area contributed by atoms with Crippen molar-refractivity contribution in [2.75, 3.05) is 19.0 Å². The molecule has 2 saturated heterocycles. The van der Waals surface area contributed by atoms with Crippen LogP contribution in [0.15, 0.2) is 90.3 Å². The number of hydrogen-bond acceptors (Lipinski definition) is 8. The molecule has 2 fully saturated rings. The average molecular weight is 926 g/mol. The minimum Gasteiger partial charge on any atom is -0.495 e. The summed E-state index contributed by atoms with van der Waals surface area (Å²) in [5.74, 6) is 0.776. The highest BCUT2D eigenvalue weighted by Gasteiger charge is 2.61. The molecule has 3 aromatic rings. The maximum absolute atomic E-state index is 16.7. The fraction of sp³-hybridized carbons (Fsp3) is 0.347. The second-order valence-electron chi connectivity index (χ2n) is 17.2. The van der Waals surface area contributed by atoms with Crippen LogP contribution in [0, 0.1) is 40.3 Å². The first-order valence-electron chi connectivity index (χ1n) is 20.9. The molecule has 6 rings (SSSR count). The number of carbonyl (C=O) groups excluding carboxylic acids is 5. The molecule has 3 aliphatic rings. The molecule has 0 spiro atoms. The van der Waals surface area contributed by atoms with E-state index in [2.05, 4.69) is 45.8 Å². The van der Waals surface area contributed by atoms with Crippen LogP contribution in [0.3, 0.4) is 0 Å². The zero-order chi connectivity index (χ0) is 47.2. The zero-order valence-electron chi connectivity index (χ0n) is 36.3. The Morgan fingerprint density at radius 1 is 1.14 bits per heavy atom. The van der Waals surface area contributed by atoms with E-state index in [9.17, 15) is 29.2 Å². The fourth-order valence-corrected chi connectivity index (χ4v) is 8.82. The quantitative estimate of drug-likeness (QED) is 0.0584. The summed E-state index contributed by atoms with van der Waals surface area (Å²) in [6.45, 7) is 9.79. The monoisotopic (exact) mass is 924 g/mol. The van der Waals surface area contributed by atoms with E-state index in [0.29, 0.717) is 24.0 Å². The lowest BCUT2D eigenvalue weighted by Gasteiger charge is -2.36. The molecular formula is C49H48Cl2F2N6O6. The highest BCUT2D eigenvalue weighted by atomic mass is 35.5. The van der Waals surface area contributed by atoms with E-state index in [1.165, 1.54) is 54.5 Å². The van der Waals surface area contributed by atoms with Crippen LogP contribution in [0.2, 0.25) is 5.02 Å². The highest BCUT2D eigenvalue weighted by Crippen LogP contribution is 2.50. The molecule has 3 heterocycles. The Kier molecular flexibility index (Phi) is 15.0. The van der Waals surface area contributed by atoms with Crippen LogP contribution in [-0.4, -0.2) is 66.2 Å². The van der Waals surface area contributed by atoms with Gasteiger partial charge in [0, 0.05) is 64.3 Å². The molecule has 0 radical (unpaired) electrons. The molecular weight excluding hydrogens is 877 g/mol. The fourth-order valence-electron chi connectivity index (χ4n) is 8.58. The Morgan fingerprint density at radius 2 is 1.91 bits per heavy atom. The van der Waals surface area contributed by atoms with Crippen molar-refractivity contribution in [1.82, 2.24) is 20.9 Å². The van der Waals surface area contributed by atoms with Gasteiger partial charge in [0.25, 0.3) is 11.8 Å². The second kappa shape index (κ2) is 20.2. The van der Waals surface area contributed by atoms with Gasteiger partial charge in [0.2, 0.25) is 17.7 Å². The smallest absolute Gasteiger partial charge is 0.255 e. The molecule has 4 N–H and O–H groups in total. The van der Waals surface area contributed by atoms with E-state index in [0.717, 1.165) is 17.7 Å². The Balaban J connectivity index is 1.14. The molecule has 5 amide bonds. The Bertz CT molecular complexity index is 2610. The molecule has 3 aliphatic heterocycles. The van der Waals surface area contributed by atoms with Crippen molar-refractivity contribution in [3.63, 3.8) is 0 Å². The molecule has 16 heteroatoms. The number of imide groups is 1. The number of nitrogens with one attached hydrogen (secondary N) is 4. The third-order valence-corrected chi connectivity index (χ3v) is 11.9. The minimum absolute atomic E-state index is 0.0764. The number of rotatable bonds is 13. The first-order valence-corrected chi connectivity index (χ1v) is 21.7. The number of nitriles is 1. The summed E-state index contributed by atoms with van der Waals surface area (Å²) < 4.78 is 38.2. The van der Waals surface area contributed by atoms with Crippen molar-refractivity contribution in [1.29, 1.82) is 5.26 Å². The molecule has 65 heavy (non-hydrogen) atoms. The molecule has 0 aromatic heterocycles. The number of halogens is 4. The van der Waals surface area contributed by atoms with Crippen LogP contribution in [0.5, 0.6) is 5.75 Å². The van der Waals surface area contributed by atoms with Gasteiger partial charge in [-0.3, -0.25) is 29.3 Å². The first kappa shape index (κ1) is 48.1. The molecule has 5 atom stereocenters. The van der Waals surface area contributed by atoms with E-state index in [-0.39, 0.29) is 76.8 Å². The van der Waals surface area contributed by atoms with Gasteiger partial charge in [-0.2, -0.15) is 5.26 Å². The lowest BCUT2D eigenvalue weighted by atomic mass is 9.64. The van der Waals surface area contributed by atoms with Gasteiger partial charge in [-0.1, -0.05) is 80.6 Å². The number of hydrogen-bond donors (Lipinski definition) is 4. The number of fused-ring (bicyclic) bond motifs is 1. The summed E-state index contributed by atoms with van der Waals surface area (Å²) in [4.78, 5) is 66.3. The largest absolute Gasteiger partial charge is 0.495 e. The zero-order valence-corrected chi connectivity index (χ0v) is 37.8. The summed E-state index contributed by atoms with van der Waals surface area (Å²) in [5.41, 5.74) is -0.299. The number of unbranched alkanes of at least 4 members (excludes halogenated alkanes) is 1. The highest BCUT2D eigenvalue weighted by molar-refractivity contribution is 6.31. The summed E-state index contributed by atoms with van der Waals surface area (Å²) in [7, 11) is 1.36. The number of allylic oxidation sites excluding steroid dienone is 4. The summed E-state index contributed by atoms with van der Waals surface area (Å²) in [6.07, 6.45) is 5.27. The predicted molar refractivity (Wildman–Crippen MR) is 243 cm³/mol. The normalized spacial score (nSPS) is 21.9. The SMILES string of the molecule is C=C(Cl)/C=C\C=C(/F)[C@H]1[C@H](C(=O)Nc2ccc(C(=O)NCCCC#Cc3cccc4c3CN(C3CCC(=O)NC3=O)C4=O)cc2OC)N[C@@H](CC(C)(C)C)[C@]1(C#N)c1ccc(Cl)cc1F. The standard InChI is InChI=1S/C49H48Cl2F2N6O6/c1-28(50)11-9-15-35(52)42-43(57-40(25-48(2,3)4)49(42,27-54)34-18-17-31(51)24-36(34)53)46(63)56-37-19-16-30(23-39(37)65-5)44(61)55-22-8-6-7-12-29-13-10-14-32-33(29)26-59(47(32)64)38-20-21-41(60)58-45(38)62/h9-11,13-19,23-24,38,40,42-43,57H,1,6,8,20-22,25-26H2,2-5H3,(H,55,61)(H,56,63)(H,58,60,62)/b11-9-,35-15-/t38?,40-,42-,43+,49-/m0/s1. The molecule has 0 aliphatic carbocycles. The number of amides is 5. The molecule has 12 nitrogen and oxygen atoms in total. The summed E-state index contributed by atoms with van der Waals surface area (Å²) in [5, 5.41) is 22.3. The van der Waals surface area contributed by atoms with Gasteiger partial charge >= 0.3 is 0 Å². The van der Waals surface area contributed by atoms with Crippen molar-refractivity contribution in [2.45, 2.75) is 83.0 Å². The van der Waals surface area contributed by atoms with Gasteiger partial charge < -0.3 is 25.6 Å². The second-order valence-corrected chi connectivity index (χ2v) is 18.1. The maximum atomic E-state index is 16.7. The predicted octanol–water partition coefficient (Wildman–Crippen LogP) is 7.77. The van der Waals surface area contributed by atoms with Crippen LogP contribution in [-0.2, 0) is 26.3 Å². The van der Waals surface area contributed by atoms with Gasteiger partial charge in [0.05, 0.1) is 30.8 Å². The van der Waals surface area contributed by atoms with Crippen LogP contribution < -0.4 is 26.0 Å². The first-order chi connectivity index (χ1) is 30.9. The molecule has 338 valence electrons. The van der Waals surface area contributed by atoms with E-state index in [4.69, 9.17) is 27.9 Å². The van der Waals surface area contributed by atoms with Gasteiger partial charge in [-0.05, 0) is 84.9 Å². The van der Waals surface area contributed by atoms with Crippen LogP contribution >= 0.6 is 23.2 Å².